The van der Waals surface area contributed by atoms with Crippen molar-refractivity contribution in [3.05, 3.63) is 62.5 Å². The van der Waals surface area contributed by atoms with E-state index < -0.39 is 0 Å². The van der Waals surface area contributed by atoms with Gasteiger partial charge in [-0.25, -0.2) is 4.98 Å². The van der Waals surface area contributed by atoms with Gasteiger partial charge in [-0.05, 0) is 48.8 Å². The number of hydrogen-bond acceptors (Lipinski definition) is 4. The summed E-state index contributed by atoms with van der Waals surface area (Å²) in [7, 11) is 0. The molecule has 3 aromatic rings. The summed E-state index contributed by atoms with van der Waals surface area (Å²) >= 11 is 1.64. The third-order valence-electron chi connectivity index (χ3n) is 5.73. The Balaban J connectivity index is 1.42. The molecule has 0 bridgehead atoms. The van der Waals surface area contributed by atoms with Crippen molar-refractivity contribution in [1.29, 1.82) is 0 Å². The van der Waals surface area contributed by atoms with E-state index in [1.165, 1.54) is 32.6 Å². The molecule has 1 amide bonds. The van der Waals surface area contributed by atoms with Gasteiger partial charge in [0, 0.05) is 18.0 Å². The molecule has 27 heavy (non-hydrogen) atoms. The maximum atomic E-state index is 13.0. The van der Waals surface area contributed by atoms with Crippen LogP contribution in [0.3, 0.4) is 0 Å². The second kappa shape index (κ2) is 6.60. The normalized spacial score (nSPS) is 16.2. The second-order valence-corrected chi connectivity index (χ2v) is 8.49. The number of aromatic nitrogens is 2. The molecule has 0 fully saturated rings. The van der Waals surface area contributed by atoms with Gasteiger partial charge in [0.2, 0.25) is 5.91 Å². The van der Waals surface area contributed by atoms with Gasteiger partial charge in [-0.3, -0.25) is 14.2 Å². The lowest BCUT2D eigenvalue weighted by atomic mass is 9.97. The number of thiophene rings is 1. The Bertz CT molecular complexity index is 1100. The number of hydrogen-bond donors (Lipinski definition) is 0. The highest BCUT2D eigenvalue weighted by Gasteiger charge is 2.23. The first-order valence-electron chi connectivity index (χ1n) is 9.55. The minimum Gasteiger partial charge on any atom is -0.336 e. The maximum Gasteiger partial charge on any atom is 0.262 e. The fourth-order valence-electron chi connectivity index (χ4n) is 4.25. The van der Waals surface area contributed by atoms with Crippen LogP contribution in [0.5, 0.6) is 0 Å². The van der Waals surface area contributed by atoms with Crippen molar-refractivity contribution in [3.63, 3.8) is 0 Å². The molecule has 0 N–H and O–H groups in total. The molecule has 1 aliphatic heterocycles. The fourth-order valence-corrected chi connectivity index (χ4v) is 5.47. The molecule has 2 aliphatic rings. The Morgan fingerprint density at radius 2 is 1.93 bits per heavy atom. The van der Waals surface area contributed by atoms with Crippen molar-refractivity contribution in [2.75, 3.05) is 6.54 Å². The van der Waals surface area contributed by atoms with Crippen LogP contribution in [-0.4, -0.2) is 26.9 Å². The zero-order valence-corrected chi connectivity index (χ0v) is 15.9. The molecule has 5 rings (SSSR count). The highest BCUT2D eigenvalue weighted by Crippen LogP contribution is 2.33. The number of carbonyl (C=O) groups excluding carboxylic acids is 1. The Morgan fingerprint density at radius 3 is 2.81 bits per heavy atom. The van der Waals surface area contributed by atoms with Gasteiger partial charge < -0.3 is 4.90 Å². The minimum atomic E-state index is -0.0647. The monoisotopic (exact) mass is 379 g/mol. The van der Waals surface area contributed by atoms with Gasteiger partial charge in [-0.15, -0.1) is 11.3 Å². The van der Waals surface area contributed by atoms with Crippen molar-refractivity contribution < 1.29 is 4.79 Å². The molecule has 0 saturated carbocycles. The van der Waals surface area contributed by atoms with Crippen LogP contribution in [0, 0.1) is 0 Å². The Hall–Kier alpha value is -2.47. The molecule has 0 spiro atoms. The number of nitrogens with zero attached hydrogens (tertiary/aromatic N) is 3. The molecule has 5 nitrogen and oxygen atoms in total. The van der Waals surface area contributed by atoms with Gasteiger partial charge in [0.1, 0.15) is 11.4 Å². The van der Waals surface area contributed by atoms with Gasteiger partial charge in [0.05, 0.1) is 11.7 Å². The SMILES string of the molecule is O=C(Cn1cnc2sc3c(c2c1=O)CCCC3)N1CCc2ccccc2C1. The molecule has 1 aliphatic carbocycles. The molecular weight excluding hydrogens is 358 g/mol. The van der Waals surface area contributed by atoms with Crippen LogP contribution in [0.15, 0.2) is 35.4 Å². The predicted molar refractivity (Wildman–Crippen MR) is 106 cm³/mol. The first-order valence-corrected chi connectivity index (χ1v) is 10.4. The highest BCUT2D eigenvalue weighted by atomic mass is 32.1. The lowest BCUT2D eigenvalue weighted by Gasteiger charge is -2.29. The largest absolute Gasteiger partial charge is 0.336 e. The highest BCUT2D eigenvalue weighted by molar-refractivity contribution is 7.18. The van der Waals surface area contributed by atoms with Crippen LogP contribution in [0.1, 0.15) is 34.4 Å². The van der Waals surface area contributed by atoms with Crippen LogP contribution in [0.4, 0.5) is 0 Å². The smallest absolute Gasteiger partial charge is 0.262 e. The first-order chi connectivity index (χ1) is 13.2. The Kier molecular flexibility index (Phi) is 4.08. The summed E-state index contributed by atoms with van der Waals surface area (Å²) < 4.78 is 1.49. The standard InChI is InChI=1S/C21H21N3O2S/c25-18(23-10-9-14-5-1-2-6-15(14)11-23)12-24-13-22-20-19(21(24)26)16-7-3-4-8-17(16)27-20/h1-2,5-6,13H,3-4,7-12H2. The summed E-state index contributed by atoms with van der Waals surface area (Å²) in [6.07, 6.45) is 6.71. The molecule has 2 aromatic heterocycles. The third kappa shape index (κ3) is 2.88. The summed E-state index contributed by atoms with van der Waals surface area (Å²) in [6, 6.07) is 8.25. The average Bonchev–Trinajstić information content (AvgIpc) is 3.09. The van der Waals surface area contributed by atoms with E-state index in [0.29, 0.717) is 13.1 Å². The molecular formula is C21H21N3O2S. The lowest BCUT2D eigenvalue weighted by Crippen LogP contribution is -2.39. The Labute approximate surface area is 161 Å². The minimum absolute atomic E-state index is 0.0168. The van der Waals surface area contributed by atoms with Crippen molar-refractivity contribution in [2.45, 2.75) is 45.2 Å². The van der Waals surface area contributed by atoms with Gasteiger partial charge in [-0.1, -0.05) is 24.3 Å². The summed E-state index contributed by atoms with van der Waals surface area (Å²) in [4.78, 5) is 34.3. The molecule has 3 heterocycles. The molecule has 1 aromatic carbocycles. The van der Waals surface area contributed by atoms with E-state index >= 15 is 0 Å². The van der Waals surface area contributed by atoms with E-state index in [-0.39, 0.29) is 18.0 Å². The number of rotatable bonds is 2. The summed E-state index contributed by atoms with van der Waals surface area (Å²) in [5, 5.41) is 0.744. The van der Waals surface area contributed by atoms with E-state index in [1.54, 1.807) is 17.7 Å². The van der Waals surface area contributed by atoms with E-state index in [2.05, 4.69) is 17.1 Å². The van der Waals surface area contributed by atoms with Crippen LogP contribution in [-0.2, 0) is 37.1 Å². The van der Waals surface area contributed by atoms with Crippen molar-refractivity contribution in [3.8, 4) is 0 Å². The van der Waals surface area contributed by atoms with E-state index in [1.807, 2.05) is 17.0 Å². The summed E-state index contributed by atoms with van der Waals surface area (Å²) in [6.45, 7) is 1.38. The van der Waals surface area contributed by atoms with Gasteiger partial charge in [0.15, 0.2) is 0 Å². The molecule has 0 saturated heterocycles. The quantitative estimate of drug-likeness (QED) is 0.688. The molecule has 0 radical (unpaired) electrons. The predicted octanol–water partition coefficient (Wildman–Crippen LogP) is 2.92. The van der Waals surface area contributed by atoms with Crippen LogP contribution < -0.4 is 5.56 Å². The van der Waals surface area contributed by atoms with Crippen LogP contribution in [0.25, 0.3) is 10.2 Å². The number of benzene rings is 1. The maximum absolute atomic E-state index is 13.0. The summed E-state index contributed by atoms with van der Waals surface area (Å²) in [5.41, 5.74) is 3.62. The molecule has 0 atom stereocenters. The number of amides is 1. The summed E-state index contributed by atoms with van der Waals surface area (Å²) in [5.74, 6) is -0.0168. The van der Waals surface area contributed by atoms with Crippen molar-refractivity contribution >= 4 is 27.5 Å². The molecule has 0 unspecified atom stereocenters. The first kappa shape index (κ1) is 16.7. The van der Waals surface area contributed by atoms with Gasteiger partial charge in [0.25, 0.3) is 5.56 Å². The van der Waals surface area contributed by atoms with E-state index in [9.17, 15) is 9.59 Å². The van der Waals surface area contributed by atoms with Gasteiger partial charge in [-0.2, -0.15) is 0 Å². The number of fused-ring (bicyclic) bond motifs is 4. The number of carbonyl (C=O) groups is 1. The van der Waals surface area contributed by atoms with Gasteiger partial charge >= 0.3 is 0 Å². The number of aryl methyl sites for hydroxylation is 2. The zero-order valence-electron chi connectivity index (χ0n) is 15.1. The zero-order chi connectivity index (χ0) is 18.4. The molecule has 138 valence electrons. The van der Waals surface area contributed by atoms with Crippen LogP contribution in [0.2, 0.25) is 0 Å². The topological polar surface area (TPSA) is 55.2 Å². The van der Waals surface area contributed by atoms with Crippen molar-refractivity contribution in [1.82, 2.24) is 14.5 Å². The lowest BCUT2D eigenvalue weighted by molar-refractivity contribution is -0.132. The molecule has 6 heteroatoms. The van der Waals surface area contributed by atoms with E-state index in [4.69, 9.17) is 0 Å². The fraction of sp³-hybridized carbons (Fsp3) is 0.381. The average molecular weight is 379 g/mol. The third-order valence-corrected chi connectivity index (χ3v) is 6.93. The van der Waals surface area contributed by atoms with E-state index in [0.717, 1.165) is 35.9 Å². The van der Waals surface area contributed by atoms with Crippen LogP contribution >= 0.6 is 11.3 Å². The Morgan fingerprint density at radius 1 is 1.11 bits per heavy atom. The van der Waals surface area contributed by atoms with Crippen molar-refractivity contribution in [2.24, 2.45) is 0 Å². The second-order valence-electron chi connectivity index (χ2n) is 7.40.